The molecule has 2 heteroatoms. The molecule has 12 heavy (non-hydrogen) atoms. The highest BCUT2D eigenvalue weighted by atomic mass is 79.9. The molecule has 0 radical (unpaired) electrons. The maximum Gasteiger partial charge on any atom is 0.0506 e. The van der Waals surface area contributed by atoms with Gasteiger partial charge in [0.05, 0.1) is 4.32 Å². The van der Waals surface area contributed by atoms with E-state index in [1.165, 1.54) is 24.8 Å². The summed E-state index contributed by atoms with van der Waals surface area (Å²) >= 11 is 7.22. The van der Waals surface area contributed by atoms with Gasteiger partial charge in [-0.05, 0) is 37.0 Å². The number of alkyl halides is 1. The van der Waals surface area contributed by atoms with Gasteiger partial charge in [-0.15, -0.1) is 0 Å². The Morgan fingerprint density at radius 1 is 1.08 bits per heavy atom. The minimum absolute atomic E-state index is 0.299. The number of benzene rings is 1. The van der Waals surface area contributed by atoms with Gasteiger partial charge >= 0.3 is 0 Å². The quantitative estimate of drug-likeness (QED) is 0.679. The second-order valence-corrected chi connectivity index (χ2v) is 5.76. The highest BCUT2D eigenvalue weighted by Crippen LogP contribution is 2.48. The predicted molar refractivity (Wildman–Crippen MR) is 58.6 cm³/mol. The van der Waals surface area contributed by atoms with Crippen LogP contribution in [0.3, 0.4) is 0 Å². The lowest BCUT2D eigenvalue weighted by Gasteiger charge is -2.36. The molecule has 0 bridgehead atoms. The number of rotatable bonds is 1. The fraction of sp³-hybridized carbons (Fsp3) is 0.400. The van der Waals surface area contributed by atoms with Crippen LogP contribution in [-0.2, 0) is 4.32 Å². The summed E-state index contributed by atoms with van der Waals surface area (Å²) in [6.07, 6.45) is 3.89. The van der Waals surface area contributed by atoms with Crippen molar-refractivity contribution in [2.45, 2.75) is 23.6 Å². The summed E-state index contributed by atoms with van der Waals surface area (Å²) in [6, 6.07) is 8.60. The van der Waals surface area contributed by atoms with Gasteiger partial charge in [0, 0.05) is 4.47 Å². The van der Waals surface area contributed by atoms with E-state index in [-0.39, 0.29) is 0 Å². The lowest BCUT2D eigenvalue weighted by atomic mass is 9.80. The summed E-state index contributed by atoms with van der Waals surface area (Å²) in [4.78, 5) is 0. The van der Waals surface area contributed by atoms with Crippen LogP contribution in [-0.4, -0.2) is 0 Å². The molecule has 0 saturated heterocycles. The third-order valence-electron chi connectivity index (χ3n) is 2.51. The number of hydrogen-bond acceptors (Lipinski definition) is 0. The third kappa shape index (κ3) is 1.47. The van der Waals surface area contributed by atoms with Gasteiger partial charge in [0.2, 0.25) is 0 Å². The highest BCUT2D eigenvalue weighted by molar-refractivity contribution is 9.10. The molecule has 0 aliphatic heterocycles. The monoisotopic (exact) mass is 288 g/mol. The van der Waals surface area contributed by atoms with Crippen LogP contribution in [0.2, 0.25) is 0 Å². The van der Waals surface area contributed by atoms with Crippen LogP contribution in [0.15, 0.2) is 28.7 Å². The van der Waals surface area contributed by atoms with Gasteiger partial charge in [-0.1, -0.05) is 44.0 Å². The summed E-state index contributed by atoms with van der Waals surface area (Å²) < 4.78 is 1.45. The van der Waals surface area contributed by atoms with Gasteiger partial charge in [-0.3, -0.25) is 0 Å². The van der Waals surface area contributed by atoms with Gasteiger partial charge < -0.3 is 0 Å². The normalized spacial score (nSPS) is 20.2. The summed E-state index contributed by atoms with van der Waals surface area (Å²) in [7, 11) is 0. The van der Waals surface area contributed by atoms with Gasteiger partial charge in [-0.2, -0.15) is 0 Å². The van der Waals surface area contributed by atoms with Crippen LogP contribution < -0.4 is 0 Å². The second kappa shape index (κ2) is 3.15. The average molecular weight is 290 g/mol. The molecular weight excluding hydrogens is 280 g/mol. The molecule has 64 valence electrons. The molecule has 1 aliphatic carbocycles. The van der Waals surface area contributed by atoms with Gasteiger partial charge in [0.25, 0.3) is 0 Å². The van der Waals surface area contributed by atoms with Crippen molar-refractivity contribution in [3.05, 3.63) is 34.3 Å². The van der Waals surface area contributed by atoms with Crippen LogP contribution in [0.25, 0.3) is 0 Å². The third-order valence-corrected chi connectivity index (χ3v) is 4.29. The van der Waals surface area contributed by atoms with E-state index in [1.807, 2.05) is 0 Å². The summed E-state index contributed by atoms with van der Waals surface area (Å²) in [5.74, 6) is 0. The first-order chi connectivity index (χ1) is 5.71. The molecule has 0 heterocycles. The molecule has 1 aliphatic rings. The van der Waals surface area contributed by atoms with Crippen molar-refractivity contribution in [3.8, 4) is 0 Å². The van der Waals surface area contributed by atoms with E-state index in [9.17, 15) is 0 Å². The van der Waals surface area contributed by atoms with Crippen molar-refractivity contribution in [2.24, 2.45) is 0 Å². The molecule has 0 unspecified atom stereocenters. The standard InChI is InChI=1S/C10H10Br2/c11-9-4-2-8(3-5-9)10(12)6-1-7-10/h2-5H,1,6-7H2. The first-order valence-electron chi connectivity index (χ1n) is 4.16. The zero-order chi connectivity index (χ0) is 8.60. The van der Waals surface area contributed by atoms with Gasteiger partial charge in [0.15, 0.2) is 0 Å². The van der Waals surface area contributed by atoms with Crippen LogP contribution in [0.5, 0.6) is 0 Å². The summed E-state index contributed by atoms with van der Waals surface area (Å²) in [5.41, 5.74) is 1.41. The largest absolute Gasteiger partial charge is 0.0801 e. The van der Waals surface area contributed by atoms with Gasteiger partial charge in [0.1, 0.15) is 0 Å². The molecule has 0 nitrogen and oxygen atoms in total. The molecular formula is C10H10Br2. The molecule has 0 atom stereocenters. The molecule has 0 amide bonds. The Kier molecular flexibility index (Phi) is 2.30. The Morgan fingerprint density at radius 2 is 1.67 bits per heavy atom. The minimum atomic E-state index is 0.299. The molecule has 2 rings (SSSR count). The zero-order valence-electron chi connectivity index (χ0n) is 6.69. The topological polar surface area (TPSA) is 0 Å². The van der Waals surface area contributed by atoms with Gasteiger partial charge in [-0.25, -0.2) is 0 Å². The number of halogens is 2. The maximum atomic E-state index is 3.79. The van der Waals surface area contributed by atoms with Crippen molar-refractivity contribution in [2.75, 3.05) is 0 Å². The number of hydrogen-bond donors (Lipinski definition) is 0. The zero-order valence-corrected chi connectivity index (χ0v) is 9.86. The fourth-order valence-corrected chi connectivity index (χ4v) is 2.61. The molecule has 1 saturated carbocycles. The maximum absolute atomic E-state index is 3.79. The van der Waals surface area contributed by atoms with Crippen molar-refractivity contribution in [1.29, 1.82) is 0 Å². The Hall–Kier alpha value is 0.180. The lowest BCUT2D eigenvalue weighted by Crippen LogP contribution is -2.26. The van der Waals surface area contributed by atoms with Crippen LogP contribution in [0, 0.1) is 0 Å². The SMILES string of the molecule is Brc1ccc(C2(Br)CCC2)cc1. The second-order valence-electron chi connectivity index (χ2n) is 3.33. The Morgan fingerprint density at radius 3 is 2.08 bits per heavy atom. The summed E-state index contributed by atoms with van der Waals surface area (Å²) in [6.45, 7) is 0. The molecule has 0 N–H and O–H groups in total. The van der Waals surface area contributed by atoms with Crippen LogP contribution in [0.1, 0.15) is 24.8 Å². The van der Waals surface area contributed by atoms with E-state index in [1.54, 1.807) is 0 Å². The lowest BCUT2D eigenvalue weighted by molar-refractivity contribution is 0.383. The first-order valence-corrected chi connectivity index (χ1v) is 5.74. The Bertz CT molecular complexity index is 272. The van der Waals surface area contributed by atoms with Crippen molar-refractivity contribution in [1.82, 2.24) is 0 Å². The van der Waals surface area contributed by atoms with Crippen molar-refractivity contribution < 1.29 is 0 Å². The summed E-state index contributed by atoms with van der Waals surface area (Å²) in [5, 5.41) is 0. The van der Waals surface area contributed by atoms with Crippen LogP contribution in [0.4, 0.5) is 0 Å². The van der Waals surface area contributed by atoms with E-state index in [0.29, 0.717) is 4.32 Å². The van der Waals surface area contributed by atoms with Crippen molar-refractivity contribution >= 4 is 31.9 Å². The van der Waals surface area contributed by atoms with Crippen molar-refractivity contribution in [3.63, 3.8) is 0 Å². The van der Waals surface area contributed by atoms with Crippen LogP contribution >= 0.6 is 31.9 Å². The Balaban J connectivity index is 2.28. The molecule has 0 aromatic heterocycles. The van der Waals surface area contributed by atoms with E-state index < -0.39 is 0 Å². The highest BCUT2D eigenvalue weighted by Gasteiger charge is 2.35. The predicted octanol–water partition coefficient (Wildman–Crippen LogP) is 4.22. The fourth-order valence-electron chi connectivity index (χ4n) is 1.52. The average Bonchev–Trinajstić information content (AvgIpc) is 2.02. The minimum Gasteiger partial charge on any atom is -0.0801 e. The molecule has 1 fully saturated rings. The Labute approximate surface area is 89.6 Å². The van der Waals surface area contributed by atoms with E-state index in [4.69, 9.17) is 0 Å². The molecule has 1 aromatic carbocycles. The molecule has 1 aromatic rings. The van der Waals surface area contributed by atoms with E-state index in [2.05, 4.69) is 56.1 Å². The first kappa shape index (κ1) is 8.76. The van der Waals surface area contributed by atoms with E-state index >= 15 is 0 Å². The van der Waals surface area contributed by atoms with E-state index in [0.717, 1.165) is 4.47 Å². The smallest absolute Gasteiger partial charge is 0.0506 e. The molecule has 0 spiro atoms.